The van der Waals surface area contributed by atoms with Crippen LogP contribution in [-0.2, 0) is 0 Å². The molecular formula is C11H23N3O. The molecule has 1 saturated carbocycles. The molecule has 0 aromatic carbocycles. The Bertz CT molecular complexity index is 218. The highest BCUT2D eigenvalue weighted by atomic mass is 16.2. The Kier molecular flexibility index (Phi) is 3.97. The third-order valence-electron chi connectivity index (χ3n) is 3.18. The fourth-order valence-corrected chi connectivity index (χ4v) is 2.04. The molecule has 0 aromatic heterocycles. The maximum atomic E-state index is 11.7. The summed E-state index contributed by atoms with van der Waals surface area (Å²) < 4.78 is 0. The van der Waals surface area contributed by atoms with E-state index in [1.165, 1.54) is 6.42 Å². The topological polar surface area (TPSA) is 58.4 Å². The molecule has 4 heteroatoms. The van der Waals surface area contributed by atoms with E-state index in [0.29, 0.717) is 6.54 Å². The van der Waals surface area contributed by atoms with Gasteiger partial charge in [0.2, 0.25) is 0 Å². The molecule has 0 saturated heterocycles. The number of nitrogens with two attached hydrogens (primary N) is 1. The summed E-state index contributed by atoms with van der Waals surface area (Å²) in [5.74, 6) is 0. The van der Waals surface area contributed by atoms with Crippen LogP contribution in [0.4, 0.5) is 4.79 Å². The molecule has 1 aliphatic rings. The molecule has 4 nitrogen and oxygen atoms in total. The number of rotatable bonds is 4. The average molecular weight is 213 g/mol. The second kappa shape index (κ2) is 4.84. The van der Waals surface area contributed by atoms with Crippen LogP contribution in [0.1, 0.15) is 33.1 Å². The van der Waals surface area contributed by atoms with E-state index in [1.54, 1.807) is 4.90 Å². The van der Waals surface area contributed by atoms with Crippen LogP contribution in [0.2, 0.25) is 0 Å². The maximum absolute atomic E-state index is 11.7. The van der Waals surface area contributed by atoms with Crippen molar-refractivity contribution in [1.82, 2.24) is 10.2 Å². The van der Waals surface area contributed by atoms with Crippen molar-refractivity contribution in [3.05, 3.63) is 0 Å². The minimum atomic E-state index is 0.00438. The number of nitrogens with zero attached hydrogens (tertiary/aromatic N) is 1. The molecular weight excluding hydrogens is 190 g/mol. The lowest BCUT2D eigenvalue weighted by Crippen LogP contribution is -2.50. The van der Waals surface area contributed by atoms with Gasteiger partial charge in [-0.05, 0) is 33.2 Å². The minimum absolute atomic E-state index is 0.00438. The number of carbonyl (C=O) groups is 1. The van der Waals surface area contributed by atoms with Crippen molar-refractivity contribution in [3.8, 4) is 0 Å². The van der Waals surface area contributed by atoms with E-state index in [0.717, 1.165) is 19.4 Å². The number of nitrogens with one attached hydrogen (secondary N) is 1. The molecule has 0 aliphatic heterocycles. The lowest BCUT2D eigenvalue weighted by Gasteiger charge is -2.43. The van der Waals surface area contributed by atoms with Gasteiger partial charge in [-0.3, -0.25) is 0 Å². The number of hydrogen-bond donors (Lipinski definition) is 2. The average Bonchev–Trinajstić information content (AvgIpc) is 2.09. The van der Waals surface area contributed by atoms with E-state index < -0.39 is 0 Å². The molecule has 0 unspecified atom stereocenters. The Morgan fingerprint density at radius 3 is 2.47 bits per heavy atom. The lowest BCUT2D eigenvalue weighted by molar-refractivity contribution is 0.0970. The first kappa shape index (κ1) is 12.3. The van der Waals surface area contributed by atoms with Gasteiger partial charge in [0.05, 0.1) is 0 Å². The van der Waals surface area contributed by atoms with E-state index in [1.807, 2.05) is 20.9 Å². The normalized spacial score (nSPS) is 18.5. The molecule has 3 N–H and O–H groups in total. The molecule has 0 radical (unpaired) electrons. The second-order valence-electron chi connectivity index (χ2n) is 5.02. The molecule has 0 aromatic rings. The standard InChI is InChI=1S/C11H23N3O/c1-9(2)13-10(15)14(3)8-11(7-12)5-4-6-11/h9H,4-8,12H2,1-3H3,(H,13,15). The van der Waals surface area contributed by atoms with Gasteiger partial charge < -0.3 is 16.0 Å². The Morgan fingerprint density at radius 2 is 2.13 bits per heavy atom. The van der Waals surface area contributed by atoms with Gasteiger partial charge in [-0.15, -0.1) is 0 Å². The first-order valence-electron chi connectivity index (χ1n) is 5.71. The molecule has 0 bridgehead atoms. The van der Waals surface area contributed by atoms with Crippen LogP contribution >= 0.6 is 0 Å². The summed E-state index contributed by atoms with van der Waals surface area (Å²) in [7, 11) is 1.84. The molecule has 1 aliphatic carbocycles. The largest absolute Gasteiger partial charge is 0.336 e. The summed E-state index contributed by atoms with van der Waals surface area (Å²) in [5.41, 5.74) is 5.96. The van der Waals surface area contributed by atoms with Crippen LogP contribution in [0.15, 0.2) is 0 Å². The molecule has 15 heavy (non-hydrogen) atoms. The fraction of sp³-hybridized carbons (Fsp3) is 0.909. The Labute approximate surface area is 92.2 Å². The Balaban J connectivity index is 2.40. The first-order chi connectivity index (χ1) is 6.99. The lowest BCUT2D eigenvalue weighted by atomic mass is 9.68. The summed E-state index contributed by atoms with van der Waals surface area (Å²) in [6.45, 7) is 5.40. The van der Waals surface area contributed by atoms with Gasteiger partial charge in [-0.25, -0.2) is 4.79 Å². The Hall–Kier alpha value is -0.770. The number of urea groups is 1. The Morgan fingerprint density at radius 1 is 1.53 bits per heavy atom. The second-order valence-corrected chi connectivity index (χ2v) is 5.02. The van der Waals surface area contributed by atoms with Crippen molar-refractivity contribution in [1.29, 1.82) is 0 Å². The van der Waals surface area contributed by atoms with Gasteiger partial charge in [0.25, 0.3) is 0 Å². The summed E-state index contributed by atoms with van der Waals surface area (Å²) in [6, 6.07) is 0.194. The van der Waals surface area contributed by atoms with E-state index in [-0.39, 0.29) is 17.5 Å². The summed E-state index contributed by atoms with van der Waals surface area (Å²) in [6.07, 6.45) is 3.56. The zero-order valence-corrected chi connectivity index (χ0v) is 10.0. The van der Waals surface area contributed by atoms with Gasteiger partial charge in [0.1, 0.15) is 0 Å². The van der Waals surface area contributed by atoms with Crippen molar-refractivity contribution in [2.45, 2.75) is 39.2 Å². The van der Waals surface area contributed by atoms with Gasteiger partial charge in [-0.2, -0.15) is 0 Å². The third-order valence-corrected chi connectivity index (χ3v) is 3.18. The molecule has 0 heterocycles. The van der Waals surface area contributed by atoms with Crippen LogP contribution in [-0.4, -0.2) is 37.1 Å². The van der Waals surface area contributed by atoms with Crippen LogP contribution in [0.25, 0.3) is 0 Å². The highest BCUT2D eigenvalue weighted by Gasteiger charge is 2.37. The van der Waals surface area contributed by atoms with Crippen molar-refractivity contribution in [2.24, 2.45) is 11.1 Å². The minimum Gasteiger partial charge on any atom is -0.336 e. The zero-order valence-electron chi connectivity index (χ0n) is 10.0. The van der Waals surface area contributed by atoms with Crippen LogP contribution in [0.5, 0.6) is 0 Å². The van der Waals surface area contributed by atoms with Crippen molar-refractivity contribution in [3.63, 3.8) is 0 Å². The van der Waals surface area contributed by atoms with Gasteiger partial charge >= 0.3 is 6.03 Å². The number of amides is 2. The van der Waals surface area contributed by atoms with E-state index in [4.69, 9.17) is 5.73 Å². The van der Waals surface area contributed by atoms with E-state index in [9.17, 15) is 4.79 Å². The molecule has 1 fully saturated rings. The fourth-order valence-electron chi connectivity index (χ4n) is 2.04. The van der Waals surface area contributed by atoms with Crippen LogP contribution in [0.3, 0.4) is 0 Å². The van der Waals surface area contributed by atoms with Crippen LogP contribution in [0, 0.1) is 5.41 Å². The van der Waals surface area contributed by atoms with Crippen LogP contribution < -0.4 is 11.1 Å². The van der Waals surface area contributed by atoms with Gasteiger partial charge in [0.15, 0.2) is 0 Å². The quantitative estimate of drug-likeness (QED) is 0.736. The number of hydrogen-bond acceptors (Lipinski definition) is 2. The number of carbonyl (C=O) groups excluding carboxylic acids is 1. The highest BCUT2D eigenvalue weighted by molar-refractivity contribution is 5.74. The zero-order chi connectivity index (χ0) is 11.5. The molecule has 0 atom stereocenters. The van der Waals surface area contributed by atoms with E-state index in [2.05, 4.69) is 5.32 Å². The van der Waals surface area contributed by atoms with Gasteiger partial charge in [-0.1, -0.05) is 6.42 Å². The molecule has 1 rings (SSSR count). The monoisotopic (exact) mass is 213 g/mol. The summed E-state index contributed by atoms with van der Waals surface area (Å²) in [4.78, 5) is 13.4. The van der Waals surface area contributed by atoms with Crippen molar-refractivity contribution >= 4 is 6.03 Å². The first-order valence-corrected chi connectivity index (χ1v) is 5.71. The molecule has 0 spiro atoms. The summed E-state index contributed by atoms with van der Waals surface area (Å²) in [5, 5.41) is 2.88. The summed E-state index contributed by atoms with van der Waals surface area (Å²) >= 11 is 0. The molecule has 2 amide bonds. The van der Waals surface area contributed by atoms with E-state index >= 15 is 0 Å². The van der Waals surface area contributed by atoms with Crippen molar-refractivity contribution < 1.29 is 4.79 Å². The van der Waals surface area contributed by atoms with Gasteiger partial charge in [0, 0.05) is 25.0 Å². The predicted molar refractivity (Wildman–Crippen MR) is 61.6 cm³/mol. The SMILES string of the molecule is CC(C)NC(=O)N(C)CC1(CN)CCC1. The van der Waals surface area contributed by atoms with Crippen molar-refractivity contribution in [2.75, 3.05) is 20.1 Å². The molecule has 88 valence electrons. The smallest absolute Gasteiger partial charge is 0.317 e. The maximum Gasteiger partial charge on any atom is 0.317 e. The predicted octanol–water partition coefficient (Wildman–Crippen LogP) is 1.17. The third kappa shape index (κ3) is 3.09. The highest BCUT2D eigenvalue weighted by Crippen LogP contribution is 2.40.